The molecule has 2 rings (SSSR count). The van der Waals surface area contributed by atoms with Crippen molar-refractivity contribution < 1.29 is 13.2 Å². The number of likely N-dealkylation sites (tertiary alicyclic amines) is 1. The summed E-state index contributed by atoms with van der Waals surface area (Å²) in [6.07, 6.45) is 1.81. The van der Waals surface area contributed by atoms with Crippen LogP contribution in [0.25, 0.3) is 0 Å². The highest BCUT2D eigenvalue weighted by atomic mass is 35.7. The van der Waals surface area contributed by atoms with E-state index in [1.807, 2.05) is 0 Å². The fourth-order valence-corrected chi connectivity index (χ4v) is 4.13. The van der Waals surface area contributed by atoms with Crippen LogP contribution < -0.4 is 0 Å². The topological polar surface area (TPSA) is 54.5 Å². The Bertz CT molecular complexity index is 667. The lowest BCUT2D eigenvalue weighted by molar-refractivity contribution is 0.0697. The lowest BCUT2D eigenvalue weighted by atomic mass is 9.98. The number of carbonyl (C=O) groups excluding carboxylic acids is 1. The SMILES string of the molecule is CC1CCN(C(=O)c2cc(Cl)cc(S(=O)(=O)Cl)c2Cl)CC1. The number of amides is 1. The van der Waals surface area contributed by atoms with Crippen molar-refractivity contribution >= 4 is 48.8 Å². The van der Waals surface area contributed by atoms with Gasteiger partial charge in [-0.1, -0.05) is 30.1 Å². The van der Waals surface area contributed by atoms with E-state index in [1.54, 1.807) is 4.90 Å². The summed E-state index contributed by atoms with van der Waals surface area (Å²) in [7, 11) is 1.26. The third-order valence-electron chi connectivity index (χ3n) is 3.57. The smallest absolute Gasteiger partial charge is 0.262 e. The van der Waals surface area contributed by atoms with Gasteiger partial charge in [0, 0.05) is 28.8 Å². The fraction of sp³-hybridized carbons (Fsp3) is 0.462. The predicted octanol–water partition coefficient (Wildman–Crippen LogP) is 3.79. The van der Waals surface area contributed by atoms with Crippen LogP contribution >= 0.6 is 33.9 Å². The van der Waals surface area contributed by atoms with Crippen LogP contribution in [-0.2, 0) is 9.05 Å². The Kier molecular flexibility index (Phi) is 5.08. The molecule has 21 heavy (non-hydrogen) atoms. The Morgan fingerprint density at radius 2 is 1.81 bits per heavy atom. The summed E-state index contributed by atoms with van der Waals surface area (Å²) in [6.45, 7) is 3.37. The third kappa shape index (κ3) is 3.83. The van der Waals surface area contributed by atoms with Gasteiger partial charge in [-0.3, -0.25) is 4.79 Å². The molecule has 0 radical (unpaired) electrons. The van der Waals surface area contributed by atoms with Gasteiger partial charge >= 0.3 is 0 Å². The van der Waals surface area contributed by atoms with Crippen LogP contribution in [0.3, 0.4) is 0 Å². The predicted molar refractivity (Wildman–Crippen MR) is 83.8 cm³/mol. The second-order valence-electron chi connectivity index (χ2n) is 5.18. The zero-order valence-electron chi connectivity index (χ0n) is 11.3. The lowest BCUT2D eigenvalue weighted by Crippen LogP contribution is -2.38. The molecule has 1 heterocycles. The Labute approximate surface area is 138 Å². The van der Waals surface area contributed by atoms with Crippen molar-refractivity contribution in [2.45, 2.75) is 24.7 Å². The second kappa shape index (κ2) is 6.32. The molecule has 1 aromatic rings. The van der Waals surface area contributed by atoms with Gasteiger partial charge in [-0.25, -0.2) is 8.42 Å². The standard InChI is InChI=1S/C13H14Cl3NO3S/c1-8-2-4-17(5-3-8)13(18)10-6-9(14)7-11(12(10)15)21(16,19)20/h6-8H,2-5H2,1H3. The van der Waals surface area contributed by atoms with Gasteiger partial charge in [0.2, 0.25) is 0 Å². The number of hydrogen-bond acceptors (Lipinski definition) is 3. The Balaban J connectivity index is 2.40. The molecule has 0 saturated carbocycles. The van der Waals surface area contributed by atoms with E-state index in [9.17, 15) is 13.2 Å². The summed E-state index contributed by atoms with van der Waals surface area (Å²) in [5.74, 6) is 0.249. The number of halogens is 3. The van der Waals surface area contributed by atoms with Crippen LogP contribution in [-0.4, -0.2) is 32.3 Å². The van der Waals surface area contributed by atoms with Crippen LogP contribution in [0.4, 0.5) is 0 Å². The van der Waals surface area contributed by atoms with E-state index in [0.29, 0.717) is 19.0 Å². The minimum atomic E-state index is -4.07. The van der Waals surface area contributed by atoms with Crippen molar-refractivity contribution in [2.75, 3.05) is 13.1 Å². The average molecular weight is 371 g/mol. The zero-order valence-corrected chi connectivity index (χ0v) is 14.4. The third-order valence-corrected chi connectivity index (χ3v) is 5.65. The molecule has 1 saturated heterocycles. The molecule has 1 aromatic carbocycles. The van der Waals surface area contributed by atoms with Crippen molar-refractivity contribution in [1.82, 2.24) is 4.90 Å². The van der Waals surface area contributed by atoms with Gasteiger partial charge in [-0.15, -0.1) is 0 Å². The normalized spacial score (nSPS) is 17.0. The highest BCUT2D eigenvalue weighted by molar-refractivity contribution is 8.13. The molecule has 1 aliphatic rings. The molecule has 0 spiro atoms. The van der Waals surface area contributed by atoms with E-state index in [1.165, 1.54) is 6.07 Å². The summed E-state index contributed by atoms with van der Waals surface area (Å²) < 4.78 is 23.0. The van der Waals surface area contributed by atoms with E-state index in [-0.39, 0.29) is 26.4 Å². The number of nitrogens with zero attached hydrogens (tertiary/aromatic N) is 1. The van der Waals surface area contributed by atoms with E-state index < -0.39 is 9.05 Å². The maximum absolute atomic E-state index is 12.5. The number of piperidine rings is 1. The summed E-state index contributed by atoms with van der Waals surface area (Å²) in [5.41, 5.74) is 0.0675. The van der Waals surface area contributed by atoms with Gasteiger partial charge in [0.15, 0.2) is 0 Å². The fourth-order valence-electron chi connectivity index (χ4n) is 2.28. The van der Waals surface area contributed by atoms with Crippen molar-refractivity contribution in [3.63, 3.8) is 0 Å². The van der Waals surface area contributed by atoms with Gasteiger partial charge in [0.05, 0.1) is 10.6 Å². The number of rotatable bonds is 2. The summed E-state index contributed by atoms with van der Waals surface area (Å²) in [5, 5.41) is -0.0784. The molecule has 116 valence electrons. The van der Waals surface area contributed by atoms with Crippen molar-refractivity contribution in [2.24, 2.45) is 5.92 Å². The number of hydrogen-bond donors (Lipinski definition) is 0. The van der Waals surface area contributed by atoms with E-state index in [2.05, 4.69) is 6.92 Å². The van der Waals surface area contributed by atoms with Crippen molar-refractivity contribution in [3.05, 3.63) is 27.7 Å². The molecular weight excluding hydrogens is 357 g/mol. The van der Waals surface area contributed by atoms with Crippen LogP contribution in [0.1, 0.15) is 30.1 Å². The minimum absolute atomic E-state index is 0.0675. The second-order valence-corrected chi connectivity index (χ2v) is 8.53. The molecule has 0 atom stereocenters. The van der Waals surface area contributed by atoms with Gasteiger partial charge < -0.3 is 4.90 Å². The van der Waals surface area contributed by atoms with E-state index >= 15 is 0 Å². The van der Waals surface area contributed by atoms with Crippen LogP contribution in [0.2, 0.25) is 10.0 Å². The molecule has 0 N–H and O–H groups in total. The molecule has 8 heteroatoms. The van der Waals surface area contributed by atoms with Gasteiger partial charge in [-0.05, 0) is 30.9 Å². The van der Waals surface area contributed by atoms with Crippen molar-refractivity contribution in [1.29, 1.82) is 0 Å². The van der Waals surface area contributed by atoms with Crippen molar-refractivity contribution in [3.8, 4) is 0 Å². The Morgan fingerprint density at radius 3 is 2.33 bits per heavy atom. The first kappa shape index (κ1) is 16.9. The Hall–Kier alpha value is -0.490. The number of carbonyl (C=O) groups is 1. The minimum Gasteiger partial charge on any atom is -0.339 e. The average Bonchev–Trinajstić information content (AvgIpc) is 2.40. The first-order valence-electron chi connectivity index (χ1n) is 6.43. The summed E-state index contributed by atoms with van der Waals surface area (Å²) in [6, 6.07) is 2.51. The zero-order chi connectivity index (χ0) is 15.8. The first-order chi connectivity index (χ1) is 9.70. The maximum Gasteiger partial charge on any atom is 0.262 e. The van der Waals surface area contributed by atoms with Crippen LogP contribution in [0, 0.1) is 5.92 Å². The molecule has 0 aromatic heterocycles. The van der Waals surface area contributed by atoms with E-state index in [0.717, 1.165) is 18.9 Å². The summed E-state index contributed by atoms with van der Waals surface area (Å²) in [4.78, 5) is 13.8. The highest BCUT2D eigenvalue weighted by Crippen LogP contribution is 2.33. The largest absolute Gasteiger partial charge is 0.339 e. The molecule has 1 aliphatic heterocycles. The lowest BCUT2D eigenvalue weighted by Gasteiger charge is -2.30. The molecule has 1 amide bonds. The molecule has 0 aliphatic carbocycles. The molecule has 0 bridgehead atoms. The maximum atomic E-state index is 12.5. The Morgan fingerprint density at radius 1 is 1.24 bits per heavy atom. The molecule has 0 unspecified atom stereocenters. The monoisotopic (exact) mass is 369 g/mol. The quantitative estimate of drug-likeness (QED) is 0.744. The molecule has 1 fully saturated rings. The molecular formula is C13H14Cl3NO3S. The van der Waals surface area contributed by atoms with Gasteiger partial charge in [-0.2, -0.15) is 0 Å². The van der Waals surface area contributed by atoms with Crippen LogP contribution in [0.5, 0.6) is 0 Å². The number of benzene rings is 1. The highest BCUT2D eigenvalue weighted by Gasteiger charge is 2.27. The van der Waals surface area contributed by atoms with Gasteiger partial charge in [0.1, 0.15) is 4.90 Å². The molecule has 4 nitrogen and oxygen atoms in total. The van der Waals surface area contributed by atoms with Gasteiger partial charge in [0.25, 0.3) is 15.0 Å². The van der Waals surface area contributed by atoms with E-state index in [4.69, 9.17) is 33.9 Å². The summed E-state index contributed by atoms with van der Waals surface area (Å²) >= 11 is 11.9. The van der Waals surface area contributed by atoms with Crippen LogP contribution in [0.15, 0.2) is 17.0 Å². The first-order valence-corrected chi connectivity index (χ1v) is 9.49.